The second kappa shape index (κ2) is 7.05. The minimum Gasteiger partial charge on any atom is -0.491 e. The van der Waals surface area contributed by atoms with Gasteiger partial charge in [0.1, 0.15) is 11.6 Å². The smallest absolute Gasteiger partial charge is 0.137 e. The van der Waals surface area contributed by atoms with Crippen LogP contribution in [-0.4, -0.2) is 11.2 Å². The van der Waals surface area contributed by atoms with Crippen molar-refractivity contribution in [3.63, 3.8) is 0 Å². The fraction of sp³-hybridized carbons (Fsp3) is 0.294. The van der Waals surface area contributed by atoms with Crippen molar-refractivity contribution >= 4 is 15.9 Å². The topological polar surface area (TPSA) is 29.5 Å². The van der Waals surface area contributed by atoms with Gasteiger partial charge in [-0.2, -0.15) is 0 Å². The molecule has 2 aromatic rings. The number of ether oxygens (including phenoxy) is 1. The molecule has 0 aliphatic heterocycles. The maximum atomic E-state index is 13.5. The summed E-state index contributed by atoms with van der Waals surface area (Å²) in [6.07, 6.45) is -0.294. The van der Waals surface area contributed by atoms with Crippen LogP contribution in [0.2, 0.25) is 0 Å². The zero-order valence-corrected chi connectivity index (χ0v) is 13.6. The highest BCUT2D eigenvalue weighted by atomic mass is 79.9. The summed E-state index contributed by atoms with van der Waals surface area (Å²) in [6, 6.07) is 12.2. The summed E-state index contributed by atoms with van der Waals surface area (Å²) in [6.45, 7) is 3.90. The first-order chi connectivity index (χ1) is 9.97. The van der Waals surface area contributed by atoms with Crippen molar-refractivity contribution in [3.05, 3.63) is 63.9 Å². The average Bonchev–Trinajstić information content (AvgIpc) is 2.43. The molecule has 21 heavy (non-hydrogen) atoms. The summed E-state index contributed by atoms with van der Waals surface area (Å²) in [5.74, 6) is 0.399. The van der Waals surface area contributed by atoms with Gasteiger partial charge in [-0.25, -0.2) is 4.39 Å². The average molecular weight is 353 g/mol. The summed E-state index contributed by atoms with van der Waals surface area (Å²) >= 11 is 3.22. The van der Waals surface area contributed by atoms with E-state index in [1.807, 2.05) is 38.1 Å². The molecule has 0 heterocycles. The first-order valence-corrected chi connectivity index (χ1v) is 7.64. The van der Waals surface area contributed by atoms with E-state index in [0.717, 1.165) is 16.9 Å². The molecule has 4 heteroatoms. The van der Waals surface area contributed by atoms with Crippen molar-refractivity contribution in [2.24, 2.45) is 0 Å². The van der Waals surface area contributed by atoms with Crippen LogP contribution in [0.4, 0.5) is 4.39 Å². The van der Waals surface area contributed by atoms with E-state index in [9.17, 15) is 9.50 Å². The number of hydrogen-bond acceptors (Lipinski definition) is 2. The van der Waals surface area contributed by atoms with E-state index < -0.39 is 6.10 Å². The van der Waals surface area contributed by atoms with E-state index >= 15 is 0 Å². The summed E-state index contributed by atoms with van der Waals surface area (Å²) in [5, 5.41) is 10.3. The Labute approximate surface area is 132 Å². The molecule has 1 unspecified atom stereocenters. The third kappa shape index (κ3) is 4.29. The van der Waals surface area contributed by atoms with Gasteiger partial charge in [-0.1, -0.05) is 24.3 Å². The lowest BCUT2D eigenvalue weighted by Crippen LogP contribution is -2.07. The van der Waals surface area contributed by atoms with Crippen LogP contribution in [-0.2, 0) is 6.42 Å². The number of rotatable bonds is 5. The fourth-order valence-electron chi connectivity index (χ4n) is 2.10. The summed E-state index contributed by atoms with van der Waals surface area (Å²) in [5.41, 5.74) is 1.49. The number of aliphatic hydroxyl groups is 1. The molecule has 2 rings (SSSR count). The lowest BCUT2D eigenvalue weighted by atomic mass is 10.0. The van der Waals surface area contributed by atoms with Crippen molar-refractivity contribution < 1.29 is 14.2 Å². The third-order valence-electron chi connectivity index (χ3n) is 3.06. The van der Waals surface area contributed by atoms with Crippen LogP contribution >= 0.6 is 15.9 Å². The van der Waals surface area contributed by atoms with Crippen LogP contribution in [0.5, 0.6) is 5.75 Å². The Morgan fingerprint density at radius 3 is 2.62 bits per heavy atom. The maximum Gasteiger partial charge on any atom is 0.137 e. The molecule has 0 amide bonds. The third-order valence-corrected chi connectivity index (χ3v) is 3.95. The lowest BCUT2D eigenvalue weighted by molar-refractivity contribution is 0.176. The molecule has 0 aromatic heterocycles. The van der Waals surface area contributed by atoms with Gasteiger partial charge in [0.15, 0.2) is 0 Å². The molecule has 1 atom stereocenters. The monoisotopic (exact) mass is 352 g/mol. The fourth-order valence-corrected chi connectivity index (χ4v) is 2.53. The Hall–Kier alpha value is -1.39. The van der Waals surface area contributed by atoms with Gasteiger partial charge in [-0.15, -0.1) is 0 Å². The van der Waals surface area contributed by atoms with E-state index in [1.165, 1.54) is 6.07 Å². The Morgan fingerprint density at radius 2 is 1.90 bits per heavy atom. The van der Waals surface area contributed by atoms with Gasteiger partial charge in [0.2, 0.25) is 0 Å². The van der Waals surface area contributed by atoms with Crippen molar-refractivity contribution in [1.29, 1.82) is 0 Å². The molecular formula is C17H18BrFO2. The zero-order valence-electron chi connectivity index (χ0n) is 12.0. The number of hydrogen-bond donors (Lipinski definition) is 1. The molecule has 0 saturated heterocycles. The standard InChI is InChI=1S/C17H18BrFO2/c1-11(2)21-14-7-3-5-12(9-14)16(20)10-13-6-4-8-15(19)17(13)18/h3-9,11,16,20H,10H2,1-2H3. The van der Waals surface area contributed by atoms with Crippen LogP contribution in [0.25, 0.3) is 0 Å². The van der Waals surface area contributed by atoms with Crippen molar-refractivity contribution in [2.75, 3.05) is 0 Å². The molecule has 0 radical (unpaired) electrons. The highest BCUT2D eigenvalue weighted by Gasteiger charge is 2.13. The molecule has 0 saturated carbocycles. The predicted octanol–water partition coefficient (Wildman–Crippen LogP) is 4.65. The molecule has 0 bridgehead atoms. The molecule has 0 spiro atoms. The summed E-state index contributed by atoms with van der Waals surface area (Å²) < 4.78 is 19.5. The summed E-state index contributed by atoms with van der Waals surface area (Å²) in [4.78, 5) is 0. The largest absolute Gasteiger partial charge is 0.491 e. The highest BCUT2D eigenvalue weighted by Crippen LogP contribution is 2.27. The molecule has 1 N–H and O–H groups in total. The minimum absolute atomic E-state index is 0.0785. The second-order valence-electron chi connectivity index (χ2n) is 5.17. The molecule has 2 nitrogen and oxygen atoms in total. The van der Waals surface area contributed by atoms with E-state index in [4.69, 9.17) is 4.74 Å². The Bertz CT molecular complexity index is 613. The second-order valence-corrected chi connectivity index (χ2v) is 5.96. The molecule has 0 fully saturated rings. The van der Waals surface area contributed by atoms with Crippen LogP contribution in [0, 0.1) is 5.82 Å². The normalized spacial score (nSPS) is 12.5. The number of aliphatic hydroxyl groups excluding tert-OH is 1. The van der Waals surface area contributed by atoms with Crippen molar-refractivity contribution in [3.8, 4) is 5.75 Å². The number of halogens is 2. The van der Waals surface area contributed by atoms with Crippen molar-refractivity contribution in [2.45, 2.75) is 32.5 Å². The van der Waals surface area contributed by atoms with Gasteiger partial charge in [0, 0.05) is 6.42 Å². The van der Waals surface area contributed by atoms with Gasteiger partial charge in [0.05, 0.1) is 16.7 Å². The first kappa shape index (κ1) is 16.0. The molecule has 112 valence electrons. The van der Waals surface area contributed by atoms with Gasteiger partial charge in [-0.05, 0) is 59.1 Å². The zero-order chi connectivity index (χ0) is 15.4. The van der Waals surface area contributed by atoms with Crippen LogP contribution in [0.15, 0.2) is 46.9 Å². The molecule has 0 aliphatic carbocycles. The van der Waals surface area contributed by atoms with Gasteiger partial charge in [-0.3, -0.25) is 0 Å². The SMILES string of the molecule is CC(C)Oc1cccc(C(O)Cc2cccc(F)c2Br)c1. The molecule has 0 aliphatic rings. The quantitative estimate of drug-likeness (QED) is 0.848. The lowest BCUT2D eigenvalue weighted by Gasteiger charge is -2.15. The molecular weight excluding hydrogens is 335 g/mol. The van der Waals surface area contributed by atoms with Crippen molar-refractivity contribution in [1.82, 2.24) is 0 Å². The minimum atomic E-state index is -0.709. The molecule has 2 aromatic carbocycles. The predicted molar refractivity (Wildman–Crippen MR) is 85.0 cm³/mol. The first-order valence-electron chi connectivity index (χ1n) is 6.85. The Morgan fingerprint density at radius 1 is 1.19 bits per heavy atom. The van der Waals surface area contributed by atoms with Gasteiger partial charge in [0.25, 0.3) is 0 Å². The van der Waals surface area contributed by atoms with Crippen LogP contribution in [0.1, 0.15) is 31.1 Å². The van der Waals surface area contributed by atoms with E-state index in [0.29, 0.717) is 10.9 Å². The van der Waals surface area contributed by atoms with Gasteiger partial charge < -0.3 is 9.84 Å². The Balaban J connectivity index is 2.16. The van der Waals surface area contributed by atoms with Crippen LogP contribution < -0.4 is 4.74 Å². The summed E-state index contributed by atoms with van der Waals surface area (Å²) in [7, 11) is 0. The Kier molecular flexibility index (Phi) is 5.37. The highest BCUT2D eigenvalue weighted by molar-refractivity contribution is 9.10. The van der Waals surface area contributed by atoms with E-state index in [1.54, 1.807) is 12.1 Å². The van der Waals surface area contributed by atoms with E-state index in [2.05, 4.69) is 15.9 Å². The van der Waals surface area contributed by atoms with E-state index in [-0.39, 0.29) is 11.9 Å². The number of benzene rings is 2. The van der Waals surface area contributed by atoms with Crippen LogP contribution in [0.3, 0.4) is 0 Å². The maximum absolute atomic E-state index is 13.5. The van der Waals surface area contributed by atoms with Gasteiger partial charge >= 0.3 is 0 Å².